The van der Waals surface area contributed by atoms with E-state index in [4.69, 9.17) is 22.1 Å². The second kappa shape index (κ2) is 8.19. The number of morpholine rings is 1. The standard InChI is InChI=1S/C11H16ClN3OS.HI/c12-10-2-1-9(17-10)3-4-14-11(13)15-5-7-16-8-6-15;/h1-2H,3-8H2,(H2,13,14);1H. The van der Waals surface area contributed by atoms with E-state index in [1.54, 1.807) is 11.3 Å². The van der Waals surface area contributed by atoms with E-state index in [1.165, 1.54) is 4.88 Å². The summed E-state index contributed by atoms with van der Waals surface area (Å²) in [4.78, 5) is 7.69. The average Bonchev–Trinajstić information content (AvgIpc) is 2.76. The van der Waals surface area contributed by atoms with Gasteiger partial charge in [0.05, 0.1) is 17.6 Å². The van der Waals surface area contributed by atoms with Crippen molar-refractivity contribution >= 4 is 52.9 Å². The van der Waals surface area contributed by atoms with Crippen LogP contribution in [-0.2, 0) is 11.2 Å². The molecule has 1 aliphatic rings. The molecule has 102 valence electrons. The van der Waals surface area contributed by atoms with Crippen molar-refractivity contribution < 1.29 is 4.74 Å². The molecule has 0 atom stereocenters. The summed E-state index contributed by atoms with van der Waals surface area (Å²) in [7, 11) is 0. The number of nitrogens with zero attached hydrogens (tertiary/aromatic N) is 2. The lowest BCUT2D eigenvalue weighted by Gasteiger charge is -2.27. The van der Waals surface area contributed by atoms with Gasteiger partial charge in [0.1, 0.15) is 0 Å². The molecule has 2 heterocycles. The first-order valence-corrected chi connectivity index (χ1v) is 6.82. The van der Waals surface area contributed by atoms with Gasteiger partial charge in [-0.15, -0.1) is 35.3 Å². The van der Waals surface area contributed by atoms with Crippen LogP contribution in [0.2, 0.25) is 4.34 Å². The highest BCUT2D eigenvalue weighted by Gasteiger charge is 2.11. The number of guanidine groups is 1. The Morgan fingerprint density at radius 2 is 2.17 bits per heavy atom. The highest BCUT2D eigenvalue weighted by atomic mass is 127. The molecule has 0 amide bonds. The fraction of sp³-hybridized carbons (Fsp3) is 0.545. The number of halogens is 2. The van der Waals surface area contributed by atoms with Crippen molar-refractivity contribution in [1.82, 2.24) is 4.90 Å². The van der Waals surface area contributed by atoms with Crippen molar-refractivity contribution in [2.75, 3.05) is 32.8 Å². The third kappa shape index (κ3) is 4.91. The van der Waals surface area contributed by atoms with Crippen LogP contribution in [-0.4, -0.2) is 43.7 Å². The Morgan fingerprint density at radius 1 is 1.44 bits per heavy atom. The van der Waals surface area contributed by atoms with E-state index >= 15 is 0 Å². The normalized spacial score (nSPS) is 16.5. The minimum atomic E-state index is 0. The van der Waals surface area contributed by atoms with Crippen LogP contribution in [0.15, 0.2) is 17.1 Å². The molecule has 18 heavy (non-hydrogen) atoms. The number of thiophene rings is 1. The third-order valence-corrected chi connectivity index (χ3v) is 3.89. The van der Waals surface area contributed by atoms with Gasteiger partial charge in [-0.1, -0.05) is 11.6 Å². The lowest BCUT2D eigenvalue weighted by atomic mass is 10.3. The van der Waals surface area contributed by atoms with Crippen LogP contribution in [0.1, 0.15) is 4.88 Å². The minimum absolute atomic E-state index is 0. The van der Waals surface area contributed by atoms with Gasteiger partial charge in [-0.05, 0) is 12.1 Å². The number of hydrogen-bond acceptors (Lipinski definition) is 3. The molecule has 1 aromatic rings. The first kappa shape index (κ1) is 16.0. The Kier molecular flexibility index (Phi) is 7.28. The van der Waals surface area contributed by atoms with E-state index in [9.17, 15) is 0 Å². The molecule has 0 radical (unpaired) electrons. The first-order valence-electron chi connectivity index (χ1n) is 5.62. The van der Waals surface area contributed by atoms with Crippen LogP contribution in [0.5, 0.6) is 0 Å². The molecule has 0 unspecified atom stereocenters. The summed E-state index contributed by atoms with van der Waals surface area (Å²) < 4.78 is 6.09. The van der Waals surface area contributed by atoms with Gasteiger partial charge in [-0.3, -0.25) is 4.99 Å². The third-order valence-electron chi connectivity index (χ3n) is 2.60. The predicted octanol–water partition coefficient (Wildman–Crippen LogP) is 2.21. The maximum absolute atomic E-state index is 5.92. The van der Waals surface area contributed by atoms with E-state index in [-0.39, 0.29) is 24.0 Å². The SMILES string of the molecule is I.NC(=NCCc1ccc(Cl)s1)N1CCOCC1. The molecular formula is C11H17ClIN3OS. The second-order valence-electron chi connectivity index (χ2n) is 3.80. The number of hydrogen-bond donors (Lipinski definition) is 1. The molecule has 1 fully saturated rings. The molecule has 2 N–H and O–H groups in total. The molecule has 0 bridgehead atoms. The molecule has 0 saturated carbocycles. The van der Waals surface area contributed by atoms with Crippen molar-refractivity contribution in [1.29, 1.82) is 0 Å². The zero-order valence-electron chi connectivity index (χ0n) is 9.97. The lowest BCUT2D eigenvalue weighted by Crippen LogP contribution is -2.44. The Hall–Kier alpha value is -0.0500. The van der Waals surface area contributed by atoms with Crippen molar-refractivity contribution in [2.24, 2.45) is 10.7 Å². The minimum Gasteiger partial charge on any atom is -0.378 e. The van der Waals surface area contributed by atoms with E-state index < -0.39 is 0 Å². The molecule has 0 aromatic carbocycles. The Bertz CT molecular complexity index is 393. The van der Waals surface area contributed by atoms with Gasteiger partial charge in [0, 0.05) is 30.9 Å². The molecule has 0 aliphatic carbocycles. The zero-order chi connectivity index (χ0) is 12.1. The predicted molar refractivity (Wildman–Crippen MR) is 87.3 cm³/mol. The summed E-state index contributed by atoms with van der Waals surface area (Å²) in [6.45, 7) is 3.84. The topological polar surface area (TPSA) is 50.8 Å². The van der Waals surface area contributed by atoms with Gasteiger partial charge < -0.3 is 15.4 Å². The highest BCUT2D eigenvalue weighted by Crippen LogP contribution is 2.21. The van der Waals surface area contributed by atoms with E-state index in [1.807, 2.05) is 12.1 Å². The van der Waals surface area contributed by atoms with Crippen LogP contribution in [0.3, 0.4) is 0 Å². The Labute approximate surface area is 133 Å². The molecule has 2 rings (SSSR count). The Morgan fingerprint density at radius 3 is 2.78 bits per heavy atom. The van der Waals surface area contributed by atoms with Crippen molar-refractivity contribution in [2.45, 2.75) is 6.42 Å². The van der Waals surface area contributed by atoms with E-state index in [0.717, 1.165) is 37.1 Å². The zero-order valence-corrected chi connectivity index (χ0v) is 13.9. The molecule has 4 nitrogen and oxygen atoms in total. The quantitative estimate of drug-likeness (QED) is 0.480. The molecule has 7 heteroatoms. The first-order chi connectivity index (χ1) is 8.25. The van der Waals surface area contributed by atoms with E-state index in [0.29, 0.717) is 12.5 Å². The molecule has 1 aromatic heterocycles. The van der Waals surface area contributed by atoms with Crippen LogP contribution in [0.4, 0.5) is 0 Å². The fourth-order valence-electron chi connectivity index (χ4n) is 1.66. The monoisotopic (exact) mass is 401 g/mol. The summed E-state index contributed by atoms with van der Waals surface area (Å²) in [5.74, 6) is 0.621. The largest absolute Gasteiger partial charge is 0.378 e. The summed E-state index contributed by atoms with van der Waals surface area (Å²) >= 11 is 7.46. The van der Waals surface area contributed by atoms with Crippen LogP contribution < -0.4 is 5.73 Å². The van der Waals surface area contributed by atoms with Gasteiger partial charge in [0.15, 0.2) is 5.96 Å². The fourth-order valence-corrected chi connectivity index (χ4v) is 2.74. The van der Waals surface area contributed by atoms with Gasteiger partial charge in [0.25, 0.3) is 0 Å². The summed E-state index contributed by atoms with van der Waals surface area (Å²) in [6, 6.07) is 3.95. The maximum atomic E-state index is 5.92. The number of ether oxygens (including phenoxy) is 1. The van der Waals surface area contributed by atoms with Crippen LogP contribution in [0, 0.1) is 0 Å². The Balaban J connectivity index is 0.00000162. The lowest BCUT2D eigenvalue weighted by molar-refractivity contribution is 0.0674. The molecule has 0 spiro atoms. The smallest absolute Gasteiger partial charge is 0.191 e. The summed E-state index contributed by atoms with van der Waals surface area (Å²) in [6.07, 6.45) is 0.891. The summed E-state index contributed by atoms with van der Waals surface area (Å²) in [5, 5.41) is 0. The maximum Gasteiger partial charge on any atom is 0.191 e. The van der Waals surface area contributed by atoms with Crippen molar-refractivity contribution in [3.05, 3.63) is 21.3 Å². The molecule has 1 aliphatic heterocycles. The van der Waals surface area contributed by atoms with E-state index in [2.05, 4.69) is 9.89 Å². The number of aliphatic imine (C=N–C) groups is 1. The van der Waals surface area contributed by atoms with Crippen LogP contribution in [0.25, 0.3) is 0 Å². The second-order valence-corrected chi connectivity index (χ2v) is 5.59. The van der Waals surface area contributed by atoms with Gasteiger partial charge >= 0.3 is 0 Å². The van der Waals surface area contributed by atoms with Gasteiger partial charge in [0.2, 0.25) is 0 Å². The molecular weight excluding hydrogens is 385 g/mol. The van der Waals surface area contributed by atoms with Gasteiger partial charge in [-0.2, -0.15) is 0 Å². The van der Waals surface area contributed by atoms with Crippen molar-refractivity contribution in [3.8, 4) is 0 Å². The van der Waals surface area contributed by atoms with Crippen LogP contribution >= 0.6 is 46.9 Å². The highest BCUT2D eigenvalue weighted by molar-refractivity contribution is 14.0. The molecule has 1 saturated heterocycles. The van der Waals surface area contributed by atoms with Gasteiger partial charge in [-0.25, -0.2) is 0 Å². The average molecular weight is 402 g/mol. The number of nitrogens with two attached hydrogens (primary N) is 1. The number of rotatable bonds is 3. The summed E-state index contributed by atoms with van der Waals surface area (Å²) in [5.41, 5.74) is 5.92. The van der Waals surface area contributed by atoms with Crippen molar-refractivity contribution in [3.63, 3.8) is 0 Å².